The number of amides is 1. The molecule has 152 valence electrons. The normalized spacial score (nSPS) is 21.9. The van der Waals surface area contributed by atoms with E-state index in [1.165, 1.54) is 25.8 Å². The van der Waals surface area contributed by atoms with Gasteiger partial charge in [0.25, 0.3) is 0 Å². The van der Waals surface area contributed by atoms with Crippen LogP contribution in [-0.2, 0) is 11.2 Å². The smallest absolute Gasteiger partial charge is 0.227 e. The van der Waals surface area contributed by atoms with Crippen LogP contribution in [0.5, 0.6) is 5.75 Å². The SMILES string of the molecule is COc1cccc2[nH]cc(CC(=O)N3CCN(CC4CCCCN4C)CC3)c12. The lowest BCUT2D eigenvalue weighted by molar-refractivity contribution is -0.132. The molecule has 0 bridgehead atoms. The molecule has 1 atom stereocenters. The van der Waals surface area contributed by atoms with Gasteiger partial charge in [0.05, 0.1) is 13.5 Å². The van der Waals surface area contributed by atoms with Crippen molar-refractivity contribution in [1.29, 1.82) is 0 Å². The topological polar surface area (TPSA) is 51.8 Å². The summed E-state index contributed by atoms with van der Waals surface area (Å²) in [6, 6.07) is 6.61. The molecule has 6 nitrogen and oxygen atoms in total. The van der Waals surface area contributed by atoms with Crippen LogP contribution in [0.25, 0.3) is 10.9 Å². The monoisotopic (exact) mass is 384 g/mol. The van der Waals surface area contributed by atoms with Gasteiger partial charge in [0.2, 0.25) is 5.91 Å². The van der Waals surface area contributed by atoms with Gasteiger partial charge in [0, 0.05) is 55.9 Å². The van der Waals surface area contributed by atoms with Crippen molar-refractivity contribution < 1.29 is 9.53 Å². The van der Waals surface area contributed by atoms with E-state index in [4.69, 9.17) is 4.74 Å². The molecule has 1 N–H and O–H groups in total. The highest BCUT2D eigenvalue weighted by Crippen LogP contribution is 2.29. The minimum Gasteiger partial charge on any atom is -0.496 e. The van der Waals surface area contributed by atoms with E-state index in [0.717, 1.165) is 54.9 Å². The molecule has 2 fully saturated rings. The number of piperidine rings is 1. The van der Waals surface area contributed by atoms with Crippen molar-refractivity contribution in [3.63, 3.8) is 0 Å². The summed E-state index contributed by atoms with van der Waals surface area (Å²) in [6.07, 6.45) is 6.35. The molecular formula is C22H32N4O2. The van der Waals surface area contributed by atoms with Crippen LogP contribution in [0.1, 0.15) is 24.8 Å². The second-order valence-electron chi connectivity index (χ2n) is 8.19. The van der Waals surface area contributed by atoms with Gasteiger partial charge in [-0.1, -0.05) is 12.5 Å². The van der Waals surface area contributed by atoms with Gasteiger partial charge in [-0.15, -0.1) is 0 Å². The highest BCUT2D eigenvalue weighted by atomic mass is 16.5. The lowest BCUT2D eigenvalue weighted by Gasteiger charge is -2.40. The van der Waals surface area contributed by atoms with Crippen molar-refractivity contribution in [1.82, 2.24) is 19.7 Å². The lowest BCUT2D eigenvalue weighted by atomic mass is 10.0. The van der Waals surface area contributed by atoms with E-state index in [9.17, 15) is 4.79 Å². The molecule has 6 heteroatoms. The molecule has 2 aliphatic heterocycles. The van der Waals surface area contributed by atoms with Gasteiger partial charge >= 0.3 is 0 Å². The second kappa shape index (κ2) is 8.53. The van der Waals surface area contributed by atoms with Crippen LogP contribution in [0.3, 0.4) is 0 Å². The van der Waals surface area contributed by atoms with Crippen LogP contribution in [-0.4, -0.2) is 85.1 Å². The van der Waals surface area contributed by atoms with E-state index >= 15 is 0 Å². The summed E-state index contributed by atoms with van der Waals surface area (Å²) in [5, 5.41) is 1.03. The molecule has 1 amide bonds. The number of rotatable bonds is 5. The summed E-state index contributed by atoms with van der Waals surface area (Å²) in [6.45, 7) is 5.97. The Morgan fingerprint density at radius 3 is 2.75 bits per heavy atom. The number of aromatic nitrogens is 1. The van der Waals surface area contributed by atoms with Crippen molar-refractivity contribution in [2.75, 3.05) is 53.4 Å². The van der Waals surface area contributed by atoms with Crippen molar-refractivity contribution >= 4 is 16.8 Å². The number of piperazine rings is 1. The first-order chi connectivity index (χ1) is 13.7. The Morgan fingerprint density at radius 2 is 2.00 bits per heavy atom. The standard InChI is InChI=1S/C22H32N4O2/c1-24-9-4-3-6-18(24)16-25-10-12-26(13-11-25)21(27)14-17-15-23-19-7-5-8-20(28-2)22(17)19/h5,7-8,15,18,23H,3-4,6,9-14,16H2,1-2H3. The maximum Gasteiger partial charge on any atom is 0.227 e. The summed E-state index contributed by atoms with van der Waals surface area (Å²) in [7, 11) is 3.93. The number of methoxy groups -OCH3 is 1. The number of benzene rings is 1. The van der Waals surface area contributed by atoms with E-state index in [2.05, 4.69) is 21.8 Å². The lowest BCUT2D eigenvalue weighted by Crippen LogP contribution is -2.53. The largest absolute Gasteiger partial charge is 0.496 e. The van der Waals surface area contributed by atoms with E-state index in [-0.39, 0.29) is 5.91 Å². The maximum atomic E-state index is 12.9. The first kappa shape index (κ1) is 19.3. The number of H-pyrrole nitrogens is 1. The molecule has 1 aromatic heterocycles. The fourth-order valence-corrected chi connectivity index (χ4v) is 4.66. The number of fused-ring (bicyclic) bond motifs is 1. The molecule has 2 aromatic rings. The Morgan fingerprint density at radius 1 is 1.18 bits per heavy atom. The van der Waals surface area contributed by atoms with Gasteiger partial charge in [-0.2, -0.15) is 0 Å². The molecule has 0 radical (unpaired) electrons. The summed E-state index contributed by atoms with van der Waals surface area (Å²) in [5.74, 6) is 1.03. The van der Waals surface area contributed by atoms with Gasteiger partial charge in [-0.05, 0) is 44.1 Å². The van der Waals surface area contributed by atoms with Crippen LogP contribution in [0, 0.1) is 0 Å². The van der Waals surface area contributed by atoms with Crippen LogP contribution in [0.4, 0.5) is 0 Å². The Labute approximate surface area is 167 Å². The predicted octanol–water partition coefficient (Wildman–Crippen LogP) is 2.35. The molecule has 0 aliphatic carbocycles. The zero-order valence-corrected chi connectivity index (χ0v) is 17.1. The number of hydrogen-bond donors (Lipinski definition) is 1. The number of likely N-dealkylation sites (N-methyl/N-ethyl adjacent to an activating group) is 1. The first-order valence-corrected chi connectivity index (χ1v) is 10.5. The molecule has 28 heavy (non-hydrogen) atoms. The Balaban J connectivity index is 1.33. The molecular weight excluding hydrogens is 352 g/mol. The third kappa shape index (κ3) is 4.03. The number of carbonyl (C=O) groups is 1. The summed E-state index contributed by atoms with van der Waals surface area (Å²) >= 11 is 0. The second-order valence-corrected chi connectivity index (χ2v) is 8.19. The molecule has 2 saturated heterocycles. The number of nitrogens with one attached hydrogen (secondary N) is 1. The number of likely N-dealkylation sites (tertiary alicyclic amines) is 1. The first-order valence-electron chi connectivity index (χ1n) is 10.5. The van der Waals surface area contributed by atoms with Gasteiger partial charge in [0.15, 0.2) is 0 Å². The van der Waals surface area contributed by atoms with Crippen molar-refractivity contribution in [2.24, 2.45) is 0 Å². The minimum atomic E-state index is 0.209. The highest BCUT2D eigenvalue weighted by Gasteiger charge is 2.26. The van der Waals surface area contributed by atoms with E-state index in [1.54, 1.807) is 7.11 Å². The van der Waals surface area contributed by atoms with Crippen LogP contribution >= 0.6 is 0 Å². The van der Waals surface area contributed by atoms with Gasteiger partial charge < -0.3 is 19.5 Å². The van der Waals surface area contributed by atoms with E-state index < -0.39 is 0 Å². The molecule has 1 unspecified atom stereocenters. The number of nitrogens with zero attached hydrogens (tertiary/aromatic N) is 3. The molecule has 3 heterocycles. The van der Waals surface area contributed by atoms with E-state index in [1.807, 2.05) is 29.3 Å². The van der Waals surface area contributed by atoms with Crippen LogP contribution < -0.4 is 4.74 Å². The minimum absolute atomic E-state index is 0.209. The maximum absolute atomic E-state index is 12.9. The van der Waals surface area contributed by atoms with Crippen molar-refractivity contribution in [3.8, 4) is 5.75 Å². The van der Waals surface area contributed by atoms with Gasteiger partial charge in [-0.25, -0.2) is 0 Å². The van der Waals surface area contributed by atoms with E-state index in [0.29, 0.717) is 12.5 Å². The zero-order chi connectivity index (χ0) is 19.5. The summed E-state index contributed by atoms with van der Waals surface area (Å²) < 4.78 is 5.49. The fraction of sp³-hybridized carbons (Fsp3) is 0.591. The third-order valence-electron chi connectivity index (χ3n) is 6.43. The number of carbonyl (C=O) groups excluding carboxylic acids is 1. The van der Waals surface area contributed by atoms with Crippen molar-refractivity contribution in [2.45, 2.75) is 31.7 Å². The molecule has 1 aromatic carbocycles. The average Bonchev–Trinajstić information content (AvgIpc) is 3.13. The number of aromatic amines is 1. The van der Waals surface area contributed by atoms with Crippen molar-refractivity contribution in [3.05, 3.63) is 30.0 Å². The summed E-state index contributed by atoms with van der Waals surface area (Å²) in [4.78, 5) is 23.2. The summed E-state index contributed by atoms with van der Waals surface area (Å²) in [5.41, 5.74) is 2.03. The quantitative estimate of drug-likeness (QED) is 0.860. The average molecular weight is 385 g/mol. The number of ether oxygens (including phenoxy) is 1. The van der Waals surface area contributed by atoms with Gasteiger partial charge in [-0.3, -0.25) is 9.69 Å². The van der Waals surface area contributed by atoms with Gasteiger partial charge in [0.1, 0.15) is 5.75 Å². The van der Waals surface area contributed by atoms with Crippen LogP contribution in [0.2, 0.25) is 0 Å². The molecule has 4 rings (SSSR count). The molecule has 0 spiro atoms. The Bertz CT molecular complexity index is 810. The van der Waals surface area contributed by atoms with Crippen LogP contribution in [0.15, 0.2) is 24.4 Å². The predicted molar refractivity (Wildman–Crippen MR) is 112 cm³/mol. The molecule has 0 saturated carbocycles. The molecule has 2 aliphatic rings. The highest BCUT2D eigenvalue weighted by molar-refractivity contribution is 5.93. The Kier molecular flexibility index (Phi) is 5.87. The third-order valence-corrected chi connectivity index (χ3v) is 6.43. The Hall–Kier alpha value is -2.05. The number of hydrogen-bond acceptors (Lipinski definition) is 4. The fourth-order valence-electron chi connectivity index (χ4n) is 4.66. The zero-order valence-electron chi connectivity index (χ0n) is 17.1.